The van der Waals surface area contributed by atoms with Crippen LogP contribution in [0.4, 0.5) is 5.69 Å². The summed E-state index contributed by atoms with van der Waals surface area (Å²) in [5.41, 5.74) is 0.816. The summed E-state index contributed by atoms with van der Waals surface area (Å²) >= 11 is 0. The number of methoxy groups -OCH3 is 1. The largest absolute Gasteiger partial charge is 0.497 e. The molecular formula is C24H33N5O3. The number of hydrogen-bond acceptors (Lipinski definition) is 5. The first kappa shape index (κ1) is 22.3. The molecule has 3 heterocycles. The predicted molar refractivity (Wildman–Crippen MR) is 123 cm³/mol. The Morgan fingerprint density at radius 2 is 1.84 bits per heavy atom. The maximum atomic E-state index is 13.1. The number of anilines is 1. The van der Waals surface area contributed by atoms with E-state index >= 15 is 0 Å². The second-order valence-corrected chi connectivity index (χ2v) is 8.90. The van der Waals surface area contributed by atoms with Crippen molar-refractivity contribution in [2.24, 2.45) is 5.92 Å². The number of nitrogens with zero attached hydrogens (tertiary/aromatic N) is 5. The number of piperazine rings is 1. The third-order valence-electron chi connectivity index (χ3n) is 6.46. The first-order valence-electron chi connectivity index (χ1n) is 11.4. The van der Waals surface area contributed by atoms with Gasteiger partial charge in [0.05, 0.1) is 13.0 Å². The Morgan fingerprint density at radius 1 is 1.12 bits per heavy atom. The van der Waals surface area contributed by atoms with Crippen molar-refractivity contribution < 1.29 is 14.3 Å². The Labute approximate surface area is 189 Å². The molecule has 1 aromatic carbocycles. The van der Waals surface area contributed by atoms with Gasteiger partial charge in [0.15, 0.2) is 0 Å². The van der Waals surface area contributed by atoms with Crippen molar-refractivity contribution in [3.05, 3.63) is 42.5 Å². The van der Waals surface area contributed by atoms with E-state index in [2.05, 4.69) is 28.3 Å². The molecule has 2 amide bonds. The quantitative estimate of drug-likeness (QED) is 0.662. The van der Waals surface area contributed by atoms with E-state index in [0.717, 1.165) is 43.4 Å². The van der Waals surface area contributed by atoms with Gasteiger partial charge in [-0.05, 0) is 24.3 Å². The molecule has 4 rings (SSSR count). The van der Waals surface area contributed by atoms with Crippen LogP contribution in [0.3, 0.4) is 0 Å². The number of carbonyl (C=O) groups is 2. The third kappa shape index (κ3) is 4.80. The summed E-state index contributed by atoms with van der Waals surface area (Å²) in [6.45, 7) is 9.78. The smallest absolute Gasteiger partial charge is 0.228 e. The molecule has 0 radical (unpaired) electrons. The fourth-order valence-corrected chi connectivity index (χ4v) is 4.59. The summed E-state index contributed by atoms with van der Waals surface area (Å²) in [5, 5.41) is 0. The first-order valence-corrected chi connectivity index (χ1v) is 11.4. The van der Waals surface area contributed by atoms with E-state index in [1.165, 1.54) is 0 Å². The lowest BCUT2D eigenvalue weighted by Gasteiger charge is -2.36. The molecule has 2 fully saturated rings. The molecule has 0 bridgehead atoms. The van der Waals surface area contributed by atoms with E-state index in [1.807, 2.05) is 41.6 Å². The summed E-state index contributed by atoms with van der Waals surface area (Å²) in [7, 11) is 1.62. The molecule has 0 aliphatic carbocycles. The van der Waals surface area contributed by atoms with Crippen LogP contribution in [0, 0.1) is 5.92 Å². The predicted octanol–water partition coefficient (Wildman–Crippen LogP) is 2.21. The van der Waals surface area contributed by atoms with Gasteiger partial charge in [-0.3, -0.25) is 14.5 Å². The normalized spacial score (nSPS) is 19.8. The van der Waals surface area contributed by atoms with E-state index in [1.54, 1.807) is 12.0 Å². The lowest BCUT2D eigenvalue weighted by atomic mass is 10.1. The highest BCUT2D eigenvalue weighted by molar-refractivity contribution is 6.00. The number of ether oxygens (including phenoxy) is 1. The second kappa shape index (κ2) is 9.73. The number of rotatable bonds is 7. The van der Waals surface area contributed by atoms with Gasteiger partial charge in [0.1, 0.15) is 11.6 Å². The highest BCUT2D eigenvalue weighted by Gasteiger charge is 2.37. The Bertz CT molecular complexity index is 931. The third-order valence-corrected chi connectivity index (χ3v) is 6.46. The van der Waals surface area contributed by atoms with Crippen molar-refractivity contribution in [3.8, 4) is 5.75 Å². The zero-order valence-electron chi connectivity index (χ0n) is 19.2. The number of benzene rings is 1. The molecule has 1 atom stereocenters. The van der Waals surface area contributed by atoms with Gasteiger partial charge in [-0.15, -0.1) is 0 Å². The van der Waals surface area contributed by atoms with Crippen molar-refractivity contribution in [2.45, 2.75) is 32.7 Å². The number of imidazole rings is 1. The van der Waals surface area contributed by atoms with Crippen LogP contribution in [0.5, 0.6) is 5.75 Å². The molecule has 2 aliphatic rings. The molecule has 1 unspecified atom stereocenters. The average Bonchev–Trinajstić information content (AvgIpc) is 3.44. The highest BCUT2D eigenvalue weighted by Crippen LogP contribution is 2.28. The van der Waals surface area contributed by atoms with Crippen LogP contribution < -0.4 is 9.64 Å². The SMILES string of the molecule is COc1ccc(N2CC(C(=O)N3CCN(CCn4ccnc4C(C)C)CC3)CC2=O)cc1. The van der Waals surface area contributed by atoms with Gasteiger partial charge >= 0.3 is 0 Å². The Kier molecular flexibility index (Phi) is 6.79. The summed E-state index contributed by atoms with van der Waals surface area (Å²) in [6.07, 6.45) is 4.19. The first-order chi connectivity index (χ1) is 15.5. The number of aromatic nitrogens is 2. The minimum absolute atomic E-state index is 0.00782. The standard InChI is InChI=1S/C24H33N5O3/c1-18(2)23-25-8-9-27(23)13-10-26-11-14-28(15-12-26)24(31)19-16-22(30)29(17-19)20-4-6-21(32-3)7-5-20/h4-9,18-19H,10-17H2,1-3H3. The van der Waals surface area contributed by atoms with Crippen LogP contribution in [0.15, 0.2) is 36.7 Å². The molecule has 2 aromatic rings. The summed E-state index contributed by atoms with van der Waals surface area (Å²) in [6, 6.07) is 7.41. The number of carbonyl (C=O) groups excluding carboxylic acids is 2. The van der Waals surface area contributed by atoms with E-state index in [-0.39, 0.29) is 24.2 Å². The highest BCUT2D eigenvalue weighted by atomic mass is 16.5. The van der Waals surface area contributed by atoms with Crippen molar-refractivity contribution in [2.75, 3.05) is 51.3 Å². The molecule has 32 heavy (non-hydrogen) atoms. The Balaban J connectivity index is 1.27. The molecule has 2 saturated heterocycles. The maximum Gasteiger partial charge on any atom is 0.228 e. The van der Waals surface area contributed by atoms with E-state index in [4.69, 9.17) is 4.74 Å². The number of amides is 2. The van der Waals surface area contributed by atoms with Crippen LogP contribution in [-0.2, 0) is 16.1 Å². The summed E-state index contributed by atoms with van der Waals surface area (Å²) < 4.78 is 7.41. The molecular weight excluding hydrogens is 406 g/mol. The molecule has 172 valence electrons. The number of hydrogen-bond donors (Lipinski definition) is 0. The van der Waals surface area contributed by atoms with Gasteiger partial charge in [-0.25, -0.2) is 4.98 Å². The minimum Gasteiger partial charge on any atom is -0.497 e. The van der Waals surface area contributed by atoms with Gasteiger partial charge in [0.2, 0.25) is 11.8 Å². The average molecular weight is 440 g/mol. The van der Waals surface area contributed by atoms with Crippen molar-refractivity contribution in [3.63, 3.8) is 0 Å². The molecule has 0 spiro atoms. The van der Waals surface area contributed by atoms with E-state index in [0.29, 0.717) is 25.6 Å². The van der Waals surface area contributed by atoms with Crippen molar-refractivity contribution >= 4 is 17.5 Å². The zero-order valence-corrected chi connectivity index (χ0v) is 19.2. The van der Waals surface area contributed by atoms with Crippen LogP contribution in [0.25, 0.3) is 0 Å². The van der Waals surface area contributed by atoms with Crippen LogP contribution in [0.2, 0.25) is 0 Å². The Hall–Kier alpha value is -2.87. The molecule has 2 aliphatic heterocycles. The topological polar surface area (TPSA) is 70.9 Å². The molecule has 1 aromatic heterocycles. The summed E-state index contributed by atoms with van der Waals surface area (Å²) in [4.78, 5) is 36.2. The lowest BCUT2D eigenvalue weighted by Crippen LogP contribution is -2.51. The fraction of sp³-hybridized carbons (Fsp3) is 0.542. The lowest BCUT2D eigenvalue weighted by molar-refractivity contribution is -0.137. The molecule has 0 saturated carbocycles. The van der Waals surface area contributed by atoms with Gasteiger partial charge < -0.3 is 19.1 Å². The summed E-state index contributed by atoms with van der Waals surface area (Å²) in [5.74, 6) is 2.12. The molecule has 8 nitrogen and oxygen atoms in total. The Morgan fingerprint density at radius 3 is 2.50 bits per heavy atom. The van der Waals surface area contributed by atoms with Gasteiger partial charge in [-0.1, -0.05) is 13.8 Å². The maximum absolute atomic E-state index is 13.1. The monoisotopic (exact) mass is 439 g/mol. The van der Waals surface area contributed by atoms with E-state index < -0.39 is 0 Å². The minimum atomic E-state index is -0.268. The van der Waals surface area contributed by atoms with Crippen molar-refractivity contribution in [1.29, 1.82) is 0 Å². The van der Waals surface area contributed by atoms with Gasteiger partial charge in [0, 0.05) is 76.2 Å². The van der Waals surface area contributed by atoms with Crippen LogP contribution >= 0.6 is 0 Å². The zero-order chi connectivity index (χ0) is 22.7. The molecule has 0 N–H and O–H groups in total. The van der Waals surface area contributed by atoms with Crippen molar-refractivity contribution in [1.82, 2.24) is 19.4 Å². The van der Waals surface area contributed by atoms with Gasteiger partial charge in [0.25, 0.3) is 0 Å². The molecule has 8 heteroatoms. The second-order valence-electron chi connectivity index (χ2n) is 8.90. The fourth-order valence-electron chi connectivity index (χ4n) is 4.59. The van der Waals surface area contributed by atoms with Crippen LogP contribution in [-0.4, -0.2) is 77.5 Å². The van der Waals surface area contributed by atoms with E-state index in [9.17, 15) is 9.59 Å². The van der Waals surface area contributed by atoms with Gasteiger partial charge in [-0.2, -0.15) is 0 Å². The van der Waals surface area contributed by atoms with Crippen LogP contribution in [0.1, 0.15) is 32.0 Å².